The minimum absolute atomic E-state index is 0.222. The van der Waals surface area contributed by atoms with Crippen LogP contribution < -0.4 is 9.47 Å². The van der Waals surface area contributed by atoms with E-state index >= 15 is 0 Å². The van der Waals surface area contributed by atoms with E-state index in [4.69, 9.17) is 9.47 Å². The van der Waals surface area contributed by atoms with Gasteiger partial charge in [-0.25, -0.2) is 0 Å². The second-order valence-corrected chi connectivity index (χ2v) is 9.40. The zero-order valence-corrected chi connectivity index (χ0v) is 20.6. The molecule has 2 amide bonds. The van der Waals surface area contributed by atoms with Gasteiger partial charge >= 0.3 is 0 Å². The lowest BCUT2D eigenvalue weighted by Gasteiger charge is -2.14. The van der Waals surface area contributed by atoms with Crippen molar-refractivity contribution >= 4 is 60.8 Å². The van der Waals surface area contributed by atoms with Gasteiger partial charge in [-0.1, -0.05) is 41.4 Å². The lowest BCUT2D eigenvalue weighted by molar-refractivity contribution is -0.122. The van der Waals surface area contributed by atoms with Gasteiger partial charge in [0.1, 0.15) is 6.61 Å². The van der Waals surface area contributed by atoms with E-state index < -0.39 is 0 Å². The molecule has 0 aliphatic carbocycles. The van der Waals surface area contributed by atoms with E-state index in [0.717, 1.165) is 40.2 Å². The first kappa shape index (κ1) is 22.9. The number of halogens is 2. The number of thioether (sulfide) groups is 1. The number of methoxy groups -OCH3 is 1. The normalized spacial score (nSPS) is 15.2. The minimum atomic E-state index is -0.246. The molecular weight excluding hydrogens is 534 g/mol. The molecule has 0 aromatic heterocycles. The Morgan fingerprint density at radius 1 is 1.13 bits per heavy atom. The number of unbranched alkanes of at least 4 members (excludes halogenated alkanes) is 1. The molecule has 0 atom stereocenters. The molecule has 0 bridgehead atoms. The third-order valence-corrected chi connectivity index (χ3v) is 6.48. The first-order chi connectivity index (χ1) is 14.4. The fourth-order valence-electron chi connectivity index (χ4n) is 2.86. The van der Waals surface area contributed by atoms with Crippen molar-refractivity contribution in [1.82, 2.24) is 4.90 Å². The van der Waals surface area contributed by atoms with Crippen LogP contribution in [0.5, 0.6) is 11.5 Å². The van der Waals surface area contributed by atoms with Crippen LogP contribution in [0.2, 0.25) is 0 Å². The predicted molar refractivity (Wildman–Crippen MR) is 127 cm³/mol. The third kappa shape index (κ3) is 5.47. The predicted octanol–water partition coefficient (Wildman–Crippen LogP) is 6.64. The van der Waals surface area contributed by atoms with Gasteiger partial charge in [-0.3, -0.25) is 14.5 Å². The highest BCUT2D eigenvalue weighted by atomic mass is 79.9. The van der Waals surface area contributed by atoms with E-state index in [-0.39, 0.29) is 11.1 Å². The number of imide groups is 1. The molecule has 3 rings (SSSR count). The molecule has 0 N–H and O–H groups in total. The first-order valence-electron chi connectivity index (χ1n) is 9.43. The highest BCUT2D eigenvalue weighted by molar-refractivity contribution is 9.10. The van der Waals surface area contributed by atoms with Crippen LogP contribution in [0.15, 0.2) is 50.2 Å². The Morgan fingerprint density at radius 3 is 2.53 bits per heavy atom. The molecule has 1 saturated heterocycles. The van der Waals surface area contributed by atoms with Crippen LogP contribution in [-0.2, 0) is 11.4 Å². The molecule has 2 aromatic carbocycles. The van der Waals surface area contributed by atoms with Gasteiger partial charge in [-0.05, 0) is 75.6 Å². The average Bonchev–Trinajstić information content (AvgIpc) is 2.99. The summed E-state index contributed by atoms with van der Waals surface area (Å²) < 4.78 is 13.2. The maximum atomic E-state index is 12.6. The summed E-state index contributed by atoms with van der Waals surface area (Å²) in [5.74, 6) is 0.871. The number of hydrogen-bond donors (Lipinski definition) is 0. The standard InChI is InChI=1S/C22H21Br2NO4S/c1-3-4-9-25-21(26)19(30-22(25)27)12-15-10-17(24)20(18(11-15)28-2)29-13-14-5-7-16(23)8-6-14/h5-8,10-12H,3-4,9,13H2,1-2H3/b19-12-. The van der Waals surface area contributed by atoms with Gasteiger partial charge < -0.3 is 9.47 Å². The largest absolute Gasteiger partial charge is 0.493 e. The van der Waals surface area contributed by atoms with Crippen molar-refractivity contribution in [2.45, 2.75) is 26.4 Å². The smallest absolute Gasteiger partial charge is 0.293 e. The van der Waals surface area contributed by atoms with Gasteiger partial charge in [0.15, 0.2) is 11.5 Å². The molecule has 0 unspecified atom stereocenters. The van der Waals surface area contributed by atoms with E-state index in [2.05, 4.69) is 31.9 Å². The quantitative estimate of drug-likeness (QED) is 0.342. The average molecular weight is 555 g/mol. The van der Waals surface area contributed by atoms with E-state index in [1.807, 2.05) is 37.3 Å². The first-order valence-corrected chi connectivity index (χ1v) is 11.8. The molecule has 30 heavy (non-hydrogen) atoms. The van der Waals surface area contributed by atoms with Crippen LogP contribution in [0.4, 0.5) is 4.79 Å². The second kappa shape index (κ2) is 10.5. The number of amides is 2. The number of ether oxygens (including phenoxy) is 2. The maximum absolute atomic E-state index is 12.6. The van der Waals surface area contributed by atoms with Crippen molar-refractivity contribution < 1.29 is 19.1 Å². The van der Waals surface area contributed by atoms with Crippen LogP contribution in [-0.4, -0.2) is 29.7 Å². The molecule has 158 valence electrons. The van der Waals surface area contributed by atoms with Gasteiger partial charge in [0.2, 0.25) is 0 Å². The lowest BCUT2D eigenvalue weighted by Crippen LogP contribution is -2.29. The number of carbonyl (C=O) groups is 2. The summed E-state index contributed by atoms with van der Waals surface area (Å²) in [7, 11) is 1.57. The molecule has 2 aromatic rings. The van der Waals surface area contributed by atoms with E-state index in [9.17, 15) is 9.59 Å². The lowest BCUT2D eigenvalue weighted by atomic mass is 10.1. The number of nitrogens with zero attached hydrogens (tertiary/aromatic N) is 1. The Balaban J connectivity index is 1.79. The van der Waals surface area contributed by atoms with Crippen LogP contribution in [0.3, 0.4) is 0 Å². The fraction of sp³-hybridized carbons (Fsp3) is 0.273. The van der Waals surface area contributed by atoms with Crippen LogP contribution in [0.1, 0.15) is 30.9 Å². The number of rotatable bonds is 8. The molecule has 0 spiro atoms. The molecule has 5 nitrogen and oxygen atoms in total. The number of carbonyl (C=O) groups excluding carboxylic acids is 2. The Labute approximate surface area is 197 Å². The summed E-state index contributed by atoms with van der Waals surface area (Å²) in [4.78, 5) is 26.4. The van der Waals surface area contributed by atoms with Crippen molar-refractivity contribution in [2.24, 2.45) is 0 Å². The fourth-order valence-corrected chi connectivity index (χ4v) is 4.56. The SMILES string of the molecule is CCCCN1C(=O)S/C(=C\c2cc(Br)c(OCc3ccc(Br)cc3)c(OC)c2)C1=O. The topological polar surface area (TPSA) is 55.8 Å². The van der Waals surface area contributed by atoms with Crippen LogP contribution >= 0.6 is 43.6 Å². The molecule has 1 heterocycles. The summed E-state index contributed by atoms with van der Waals surface area (Å²) in [6.07, 6.45) is 3.43. The minimum Gasteiger partial charge on any atom is -0.493 e. The summed E-state index contributed by atoms with van der Waals surface area (Å²) in [6.45, 7) is 2.87. The summed E-state index contributed by atoms with van der Waals surface area (Å²) >= 11 is 7.92. The van der Waals surface area contributed by atoms with Gasteiger partial charge in [-0.2, -0.15) is 0 Å². The van der Waals surface area contributed by atoms with Gasteiger partial charge in [0.25, 0.3) is 11.1 Å². The van der Waals surface area contributed by atoms with Crippen LogP contribution in [0, 0.1) is 0 Å². The van der Waals surface area contributed by atoms with Crippen molar-refractivity contribution in [3.05, 3.63) is 61.4 Å². The van der Waals surface area contributed by atoms with E-state index in [1.165, 1.54) is 4.90 Å². The Hall–Kier alpha value is -1.77. The van der Waals surface area contributed by atoms with Crippen molar-refractivity contribution in [3.8, 4) is 11.5 Å². The van der Waals surface area contributed by atoms with E-state index in [1.54, 1.807) is 19.3 Å². The number of hydrogen-bond acceptors (Lipinski definition) is 5. The zero-order chi connectivity index (χ0) is 21.7. The summed E-state index contributed by atoms with van der Waals surface area (Å²) in [6, 6.07) is 11.5. The van der Waals surface area contributed by atoms with Crippen molar-refractivity contribution in [1.29, 1.82) is 0 Å². The zero-order valence-electron chi connectivity index (χ0n) is 16.6. The molecule has 1 aliphatic rings. The molecular formula is C22H21Br2NO4S. The molecule has 1 fully saturated rings. The Kier molecular flexibility index (Phi) is 8.02. The summed E-state index contributed by atoms with van der Waals surface area (Å²) in [5, 5.41) is -0.222. The Bertz CT molecular complexity index is 976. The second-order valence-electron chi connectivity index (χ2n) is 6.64. The van der Waals surface area contributed by atoms with Gasteiger partial charge in [0.05, 0.1) is 16.5 Å². The number of benzene rings is 2. The monoisotopic (exact) mass is 553 g/mol. The molecule has 0 saturated carbocycles. The van der Waals surface area contributed by atoms with Crippen LogP contribution in [0.25, 0.3) is 6.08 Å². The molecule has 1 aliphatic heterocycles. The molecule has 8 heteroatoms. The third-order valence-electron chi connectivity index (χ3n) is 4.45. The van der Waals surface area contributed by atoms with E-state index in [0.29, 0.717) is 34.0 Å². The van der Waals surface area contributed by atoms with Gasteiger partial charge in [0, 0.05) is 11.0 Å². The maximum Gasteiger partial charge on any atom is 0.293 e. The Morgan fingerprint density at radius 2 is 1.87 bits per heavy atom. The molecule has 0 radical (unpaired) electrons. The summed E-state index contributed by atoms with van der Waals surface area (Å²) in [5.41, 5.74) is 1.77. The van der Waals surface area contributed by atoms with Crippen molar-refractivity contribution in [2.75, 3.05) is 13.7 Å². The highest BCUT2D eigenvalue weighted by Gasteiger charge is 2.34. The highest BCUT2D eigenvalue weighted by Crippen LogP contribution is 2.39. The van der Waals surface area contributed by atoms with Crippen molar-refractivity contribution in [3.63, 3.8) is 0 Å². The van der Waals surface area contributed by atoms with Gasteiger partial charge in [-0.15, -0.1) is 0 Å².